The lowest BCUT2D eigenvalue weighted by atomic mass is 9.92. The number of carboxylic acid groups (broad SMARTS) is 1. The molecule has 0 bridgehead atoms. The molecule has 1 atom stereocenters. The molecule has 1 aliphatic heterocycles. The molecule has 0 aliphatic carbocycles. The Morgan fingerprint density at radius 1 is 1.44 bits per heavy atom. The van der Waals surface area contributed by atoms with Crippen molar-refractivity contribution >= 4 is 22.9 Å². The second-order valence-electron chi connectivity index (χ2n) is 4.30. The fourth-order valence-corrected chi connectivity index (χ4v) is 2.36. The van der Waals surface area contributed by atoms with E-state index < -0.39 is 5.97 Å². The first-order valence-electron chi connectivity index (χ1n) is 5.65. The fourth-order valence-electron chi connectivity index (χ4n) is 2.36. The summed E-state index contributed by atoms with van der Waals surface area (Å²) in [5.41, 5.74) is 2.04. The summed E-state index contributed by atoms with van der Waals surface area (Å²) >= 11 is 0. The van der Waals surface area contributed by atoms with E-state index in [4.69, 9.17) is 0 Å². The fraction of sp³-hybridized carbons (Fsp3) is 0.250. The molecule has 6 nitrogen and oxygen atoms in total. The zero-order valence-corrected chi connectivity index (χ0v) is 9.43. The van der Waals surface area contributed by atoms with Crippen molar-refractivity contribution in [3.8, 4) is 0 Å². The van der Waals surface area contributed by atoms with Gasteiger partial charge < -0.3 is 15.4 Å². The van der Waals surface area contributed by atoms with Gasteiger partial charge in [0.05, 0.1) is 28.8 Å². The van der Waals surface area contributed by atoms with Crippen LogP contribution in [-0.4, -0.2) is 33.5 Å². The molecule has 2 heterocycles. The first kappa shape index (κ1) is 10.8. The van der Waals surface area contributed by atoms with E-state index in [-0.39, 0.29) is 17.4 Å². The number of carboxylic acids is 1. The number of hydrogen-bond acceptors (Lipinski definition) is 3. The van der Waals surface area contributed by atoms with Gasteiger partial charge in [0.15, 0.2) is 0 Å². The first-order valence-corrected chi connectivity index (χ1v) is 5.65. The summed E-state index contributed by atoms with van der Waals surface area (Å²) in [6, 6.07) is 3.22. The summed E-state index contributed by atoms with van der Waals surface area (Å²) < 4.78 is 0. The Morgan fingerprint density at radius 2 is 2.28 bits per heavy atom. The average molecular weight is 245 g/mol. The molecule has 18 heavy (non-hydrogen) atoms. The summed E-state index contributed by atoms with van der Waals surface area (Å²) in [6.07, 6.45) is 2.13. The Labute approximate surface area is 102 Å². The second-order valence-corrected chi connectivity index (χ2v) is 4.30. The normalized spacial score (nSPS) is 19.1. The smallest absolute Gasteiger partial charge is 0.336 e. The lowest BCUT2D eigenvalue weighted by Crippen LogP contribution is -2.19. The summed E-state index contributed by atoms with van der Waals surface area (Å²) in [7, 11) is 0. The second kappa shape index (κ2) is 3.83. The van der Waals surface area contributed by atoms with E-state index in [2.05, 4.69) is 15.3 Å². The van der Waals surface area contributed by atoms with Gasteiger partial charge in [-0.15, -0.1) is 0 Å². The minimum absolute atomic E-state index is 0.114. The minimum atomic E-state index is -1.03. The lowest BCUT2D eigenvalue weighted by Gasteiger charge is -2.11. The lowest BCUT2D eigenvalue weighted by molar-refractivity contribution is -0.120. The predicted molar refractivity (Wildman–Crippen MR) is 63.4 cm³/mol. The van der Waals surface area contributed by atoms with Crippen molar-refractivity contribution in [1.82, 2.24) is 15.3 Å². The number of aromatic carboxylic acids is 1. The van der Waals surface area contributed by atoms with Crippen LogP contribution in [0.3, 0.4) is 0 Å². The van der Waals surface area contributed by atoms with E-state index in [9.17, 15) is 14.7 Å². The van der Waals surface area contributed by atoms with E-state index in [1.807, 2.05) is 0 Å². The van der Waals surface area contributed by atoms with Crippen molar-refractivity contribution in [3.05, 3.63) is 29.6 Å². The molecule has 1 fully saturated rings. The molecule has 1 unspecified atom stereocenters. The number of amides is 1. The first-order chi connectivity index (χ1) is 8.66. The maximum absolute atomic E-state index is 11.7. The van der Waals surface area contributed by atoms with Crippen LogP contribution in [0.5, 0.6) is 0 Å². The Kier molecular flexibility index (Phi) is 2.29. The van der Waals surface area contributed by atoms with Crippen molar-refractivity contribution < 1.29 is 14.7 Å². The highest BCUT2D eigenvalue weighted by atomic mass is 16.4. The van der Waals surface area contributed by atoms with Gasteiger partial charge in [-0.05, 0) is 24.1 Å². The largest absolute Gasteiger partial charge is 0.478 e. The molecule has 3 rings (SSSR count). The highest BCUT2D eigenvalue weighted by Gasteiger charge is 2.30. The number of imidazole rings is 1. The van der Waals surface area contributed by atoms with Crippen LogP contribution in [0.25, 0.3) is 11.0 Å². The zero-order valence-electron chi connectivity index (χ0n) is 9.43. The van der Waals surface area contributed by atoms with E-state index in [0.29, 0.717) is 24.0 Å². The number of aromatic amines is 1. The number of nitrogens with zero attached hydrogens (tertiary/aromatic N) is 1. The van der Waals surface area contributed by atoms with Crippen molar-refractivity contribution in [2.24, 2.45) is 0 Å². The summed E-state index contributed by atoms with van der Waals surface area (Å²) in [5.74, 6) is -1.53. The maximum atomic E-state index is 11.7. The van der Waals surface area contributed by atoms with Gasteiger partial charge in [-0.25, -0.2) is 9.78 Å². The molecule has 3 N–H and O–H groups in total. The standard InChI is InChI=1S/C12H11N3O3/c16-11-6(1-2-13-11)7-3-9-10(15-5-14-9)4-8(7)12(17)18/h3-6H,1-2H2,(H,13,16)(H,14,15)(H,17,18). The molecular weight excluding hydrogens is 234 g/mol. The number of nitrogens with one attached hydrogen (secondary N) is 2. The van der Waals surface area contributed by atoms with Crippen molar-refractivity contribution in [2.75, 3.05) is 6.54 Å². The van der Waals surface area contributed by atoms with Crippen molar-refractivity contribution in [3.63, 3.8) is 0 Å². The quantitative estimate of drug-likeness (QED) is 0.731. The Morgan fingerprint density at radius 3 is 2.94 bits per heavy atom. The van der Waals surface area contributed by atoms with Crippen LogP contribution in [0.15, 0.2) is 18.5 Å². The van der Waals surface area contributed by atoms with Gasteiger partial charge >= 0.3 is 5.97 Å². The van der Waals surface area contributed by atoms with Crippen LogP contribution >= 0.6 is 0 Å². The molecule has 1 amide bonds. The molecule has 92 valence electrons. The van der Waals surface area contributed by atoms with Crippen LogP contribution < -0.4 is 5.32 Å². The molecule has 1 aliphatic rings. The van der Waals surface area contributed by atoms with Gasteiger partial charge in [0.1, 0.15) is 0 Å². The third-order valence-electron chi connectivity index (χ3n) is 3.25. The minimum Gasteiger partial charge on any atom is -0.478 e. The molecule has 0 saturated carbocycles. The highest BCUT2D eigenvalue weighted by Crippen LogP contribution is 2.29. The van der Waals surface area contributed by atoms with Gasteiger partial charge in [-0.1, -0.05) is 0 Å². The number of carbonyl (C=O) groups excluding carboxylic acids is 1. The van der Waals surface area contributed by atoms with E-state index in [1.165, 1.54) is 12.4 Å². The molecule has 1 aromatic heterocycles. The van der Waals surface area contributed by atoms with Gasteiger partial charge in [0.2, 0.25) is 5.91 Å². The van der Waals surface area contributed by atoms with Crippen molar-refractivity contribution in [1.29, 1.82) is 0 Å². The number of H-pyrrole nitrogens is 1. The number of aromatic nitrogens is 2. The number of rotatable bonds is 2. The zero-order chi connectivity index (χ0) is 12.7. The Hall–Kier alpha value is -2.37. The molecule has 0 spiro atoms. The molecule has 6 heteroatoms. The topological polar surface area (TPSA) is 95.1 Å². The summed E-state index contributed by atoms with van der Waals surface area (Å²) in [6.45, 7) is 0.587. The number of fused-ring (bicyclic) bond motifs is 1. The number of carbonyl (C=O) groups is 2. The number of benzene rings is 1. The van der Waals surface area contributed by atoms with Crippen LogP contribution in [0.1, 0.15) is 28.3 Å². The third kappa shape index (κ3) is 1.54. The average Bonchev–Trinajstić information content (AvgIpc) is 2.94. The van der Waals surface area contributed by atoms with Gasteiger partial charge in [0.25, 0.3) is 0 Å². The van der Waals surface area contributed by atoms with Crippen molar-refractivity contribution in [2.45, 2.75) is 12.3 Å². The van der Waals surface area contributed by atoms with Gasteiger partial charge in [-0.3, -0.25) is 4.79 Å². The molecule has 1 aromatic carbocycles. The van der Waals surface area contributed by atoms with Gasteiger partial charge in [0, 0.05) is 6.54 Å². The molecule has 1 saturated heterocycles. The van der Waals surface area contributed by atoms with Crippen LogP contribution in [0.4, 0.5) is 0 Å². The summed E-state index contributed by atoms with van der Waals surface area (Å²) in [4.78, 5) is 29.9. The van der Waals surface area contributed by atoms with Crippen LogP contribution in [0.2, 0.25) is 0 Å². The molecule has 0 radical (unpaired) electrons. The molecule has 2 aromatic rings. The summed E-state index contributed by atoms with van der Waals surface area (Å²) in [5, 5.41) is 12.0. The number of hydrogen-bond donors (Lipinski definition) is 3. The third-order valence-corrected chi connectivity index (χ3v) is 3.25. The Bertz CT molecular complexity index is 647. The van der Waals surface area contributed by atoms with E-state index >= 15 is 0 Å². The SMILES string of the molecule is O=C(O)c1cc2nc[nH]c2cc1C1CCNC1=O. The Balaban J connectivity index is 2.21. The molecular formula is C12H11N3O3. The van der Waals surface area contributed by atoms with Crippen LogP contribution in [-0.2, 0) is 4.79 Å². The highest BCUT2D eigenvalue weighted by molar-refractivity contribution is 5.97. The van der Waals surface area contributed by atoms with Crippen LogP contribution in [0, 0.1) is 0 Å². The van der Waals surface area contributed by atoms with E-state index in [0.717, 1.165) is 5.52 Å². The predicted octanol–water partition coefficient (Wildman–Crippen LogP) is 0.865. The van der Waals surface area contributed by atoms with Gasteiger partial charge in [-0.2, -0.15) is 0 Å². The maximum Gasteiger partial charge on any atom is 0.336 e. The van der Waals surface area contributed by atoms with E-state index in [1.54, 1.807) is 6.07 Å². The monoisotopic (exact) mass is 245 g/mol.